The van der Waals surface area contributed by atoms with Crippen LogP contribution in [0.5, 0.6) is 0 Å². The Bertz CT molecular complexity index is 989. The van der Waals surface area contributed by atoms with Crippen LogP contribution in [0.4, 0.5) is 10.7 Å². The Kier molecular flexibility index (Phi) is 7.78. The second-order valence-electron chi connectivity index (χ2n) is 6.82. The van der Waals surface area contributed by atoms with Gasteiger partial charge < -0.3 is 15.0 Å². The van der Waals surface area contributed by atoms with Gasteiger partial charge in [0, 0.05) is 37.6 Å². The van der Waals surface area contributed by atoms with Crippen molar-refractivity contribution in [2.75, 3.05) is 38.7 Å². The molecule has 0 saturated carbocycles. The lowest BCUT2D eigenvalue weighted by Gasteiger charge is -2.22. The molecule has 3 amide bonds. The summed E-state index contributed by atoms with van der Waals surface area (Å²) in [6.45, 7) is 2.83. The predicted molar refractivity (Wildman–Crippen MR) is 120 cm³/mol. The third-order valence-corrected chi connectivity index (χ3v) is 4.58. The van der Waals surface area contributed by atoms with Crippen molar-refractivity contribution in [3.8, 4) is 16.9 Å². The van der Waals surface area contributed by atoms with Crippen molar-refractivity contribution < 1.29 is 14.3 Å². The van der Waals surface area contributed by atoms with Gasteiger partial charge in [0.25, 0.3) is 0 Å². The van der Waals surface area contributed by atoms with Crippen molar-refractivity contribution >= 4 is 17.9 Å². The number of hydrogen-bond acceptors (Lipinski definition) is 4. The van der Waals surface area contributed by atoms with Crippen LogP contribution in [0.3, 0.4) is 0 Å². The maximum Gasteiger partial charge on any atom is 0.317 e. The standard InChI is InChI=1S/C23H27N5O3/c1-3-24-23(30)27(14-15-31-2)17-21(29)26-22-25-20(18-10-6-4-7-11-18)16-28(22)19-12-8-5-9-13-19/h4-13,16H,3,14-15,17H2,1-2H3,(H,24,30)(H,25,26,29). The quantitative estimate of drug-likeness (QED) is 0.556. The van der Waals surface area contributed by atoms with E-state index in [0.717, 1.165) is 16.9 Å². The van der Waals surface area contributed by atoms with Gasteiger partial charge in [0.05, 0.1) is 12.3 Å². The lowest BCUT2D eigenvalue weighted by Crippen LogP contribution is -2.45. The molecule has 162 valence electrons. The van der Waals surface area contributed by atoms with Crippen LogP contribution in [0, 0.1) is 0 Å². The van der Waals surface area contributed by atoms with Gasteiger partial charge in [-0.3, -0.25) is 14.7 Å². The average molecular weight is 422 g/mol. The second-order valence-corrected chi connectivity index (χ2v) is 6.82. The Morgan fingerprint density at radius 1 is 1.06 bits per heavy atom. The maximum atomic E-state index is 12.8. The Hall–Kier alpha value is -3.65. The van der Waals surface area contributed by atoms with Crippen molar-refractivity contribution in [3.05, 3.63) is 66.9 Å². The zero-order valence-electron chi connectivity index (χ0n) is 17.7. The fourth-order valence-electron chi connectivity index (χ4n) is 3.06. The molecule has 2 aromatic carbocycles. The summed E-state index contributed by atoms with van der Waals surface area (Å²) < 4.78 is 6.89. The fourth-order valence-corrected chi connectivity index (χ4v) is 3.06. The number of imidazole rings is 1. The molecule has 0 fully saturated rings. The molecule has 8 heteroatoms. The van der Waals surface area contributed by atoms with Crippen molar-refractivity contribution in [2.24, 2.45) is 0 Å². The van der Waals surface area contributed by atoms with Gasteiger partial charge in [-0.05, 0) is 19.1 Å². The van der Waals surface area contributed by atoms with Gasteiger partial charge in [0.15, 0.2) is 0 Å². The van der Waals surface area contributed by atoms with E-state index in [9.17, 15) is 9.59 Å². The van der Waals surface area contributed by atoms with Crippen LogP contribution >= 0.6 is 0 Å². The smallest absolute Gasteiger partial charge is 0.317 e. The van der Waals surface area contributed by atoms with Gasteiger partial charge >= 0.3 is 6.03 Å². The third kappa shape index (κ3) is 5.93. The molecule has 2 N–H and O–H groups in total. The number of carbonyl (C=O) groups excluding carboxylic acids is 2. The average Bonchev–Trinajstić information content (AvgIpc) is 3.21. The van der Waals surface area contributed by atoms with Crippen LogP contribution in [0.25, 0.3) is 16.9 Å². The van der Waals surface area contributed by atoms with E-state index in [1.165, 1.54) is 4.90 Å². The number of hydrogen-bond donors (Lipinski definition) is 2. The highest BCUT2D eigenvalue weighted by Gasteiger charge is 2.19. The summed E-state index contributed by atoms with van der Waals surface area (Å²) in [6, 6.07) is 19.1. The molecular formula is C23H27N5O3. The molecule has 0 aliphatic rings. The van der Waals surface area contributed by atoms with E-state index in [1.807, 2.05) is 78.4 Å². The summed E-state index contributed by atoms with van der Waals surface area (Å²) in [7, 11) is 1.55. The summed E-state index contributed by atoms with van der Waals surface area (Å²) in [5.41, 5.74) is 2.55. The van der Waals surface area contributed by atoms with E-state index < -0.39 is 0 Å². The first kappa shape index (κ1) is 22.0. The fraction of sp³-hybridized carbons (Fsp3) is 0.261. The number of anilines is 1. The highest BCUT2D eigenvalue weighted by Crippen LogP contribution is 2.24. The molecule has 0 spiro atoms. The largest absolute Gasteiger partial charge is 0.383 e. The number of ether oxygens (including phenoxy) is 1. The number of aromatic nitrogens is 2. The first-order valence-corrected chi connectivity index (χ1v) is 10.1. The molecule has 3 aromatic rings. The number of rotatable bonds is 9. The molecule has 0 unspecified atom stereocenters. The monoisotopic (exact) mass is 421 g/mol. The molecule has 1 aromatic heterocycles. The number of amides is 3. The van der Waals surface area contributed by atoms with Crippen molar-refractivity contribution in [1.29, 1.82) is 0 Å². The summed E-state index contributed by atoms with van der Waals surface area (Å²) in [4.78, 5) is 31.1. The molecule has 0 aliphatic heterocycles. The summed E-state index contributed by atoms with van der Waals surface area (Å²) in [6.07, 6.45) is 1.88. The van der Waals surface area contributed by atoms with Gasteiger partial charge in [-0.1, -0.05) is 48.5 Å². The predicted octanol–water partition coefficient (Wildman–Crippen LogP) is 3.16. The summed E-state index contributed by atoms with van der Waals surface area (Å²) >= 11 is 0. The van der Waals surface area contributed by atoms with Crippen LogP contribution in [0.15, 0.2) is 66.9 Å². The number of urea groups is 1. The molecular weight excluding hydrogens is 394 g/mol. The Labute approximate surface area is 181 Å². The van der Waals surface area contributed by atoms with Gasteiger partial charge in [0.1, 0.15) is 6.54 Å². The van der Waals surface area contributed by atoms with Crippen LogP contribution in [0.2, 0.25) is 0 Å². The number of benzene rings is 2. The van der Waals surface area contributed by atoms with E-state index in [2.05, 4.69) is 15.6 Å². The van der Waals surface area contributed by atoms with Gasteiger partial charge in [0.2, 0.25) is 11.9 Å². The highest BCUT2D eigenvalue weighted by molar-refractivity contribution is 5.93. The van der Waals surface area contributed by atoms with Crippen LogP contribution in [-0.4, -0.2) is 59.7 Å². The van der Waals surface area contributed by atoms with Crippen molar-refractivity contribution in [3.63, 3.8) is 0 Å². The Balaban J connectivity index is 1.84. The van der Waals surface area contributed by atoms with Crippen LogP contribution in [0.1, 0.15) is 6.92 Å². The molecule has 0 bridgehead atoms. The number of nitrogens with one attached hydrogen (secondary N) is 2. The van der Waals surface area contributed by atoms with Crippen molar-refractivity contribution in [1.82, 2.24) is 19.8 Å². The minimum atomic E-state index is -0.343. The SMILES string of the molecule is CCNC(=O)N(CCOC)CC(=O)Nc1nc(-c2ccccc2)cn1-c1ccccc1. The second kappa shape index (κ2) is 10.9. The van der Waals surface area contributed by atoms with E-state index in [0.29, 0.717) is 25.6 Å². The number of carbonyl (C=O) groups is 2. The lowest BCUT2D eigenvalue weighted by molar-refractivity contribution is -0.116. The number of para-hydroxylation sites is 1. The van der Waals surface area contributed by atoms with Crippen LogP contribution in [-0.2, 0) is 9.53 Å². The van der Waals surface area contributed by atoms with Gasteiger partial charge in [-0.2, -0.15) is 0 Å². The highest BCUT2D eigenvalue weighted by atomic mass is 16.5. The zero-order chi connectivity index (χ0) is 22.1. The Morgan fingerprint density at radius 3 is 2.39 bits per heavy atom. The topological polar surface area (TPSA) is 88.5 Å². The Morgan fingerprint density at radius 2 is 1.74 bits per heavy atom. The molecule has 8 nitrogen and oxygen atoms in total. The third-order valence-electron chi connectivity index (χ3n) is 4.58. The number of nitrogens with zero attached hydrogens (tertiary/aromatic N) is 3. The van der Waals surface area contributed by atoms with Crippen molar-refractivity contribution in [2.45, 2.75) is 6.92 Å². The molecule has 0 radical (unpaired) electrons. The van der Waals surface area contributed by atoms with E-state index in [4.69, 9.17) is 4.74 Å². The minimum Gasteiger partial charge on any atom is -0.383 e. The molecule has 0 saturated heterocycles. The molecule has 0 aliphatic carbocycles. The normalized spacial score (nSPS) is 10.5. The van der Waals surface area contributed by atoms with E-state index >= 15 is 0 Å². The first-order chi connectivity index (χ1) is 15.1. The molecule has 3 rings (SSSR count). The van der Waals surface area contributed by atoms with E-state index in [1.54, 1.807) is 7.11 Å². The first-order valence-electron chi connectivity index (χ1n) is 10.1. The summed E-state index contributed by atoms with van der Waals surface area (Å²) in [5, 5.41) is 5.57. The number of methoxy groups -OCH3 is 1. The van der Waals surface area contributed by atoms with E-state index in [-0.39, 0.29) is 18.5 Å². The van der Waals surface area contributed by atoms with Crippen LogP contribution < -0.4 is 10.6 Å². The van der Waals surface area contributed by atoms with Gasteiger partial charge in [-0.25, -0.2) is 9.78 Å². The minimum absolute atomic E-state index is 0.114. The van der Waals surface area contributed by atoms with Gasteiger partial charge in [-0.15, -0.1) is 0 Å². The molecule has 31 heavy (non-hydrogen) atoms. The maximum absolute atomic E-state index is 12.8. The molecule has 1 heterocycles. The zero-order valence-corrected chi connectivity index (χ0v) is 17.7. The summed E-state index contributed by atoms with van der Waals surface area (Å²) in [5.74, 6) is 0.0439. The lowest BCUT2D eigenvalue weighted by atomic mass is 10.2. The molecule has 0 atom stereocenters.